The van der Waals surface area contributed by atoms with Gasteiger partial charge in [0.1, 0.15) is 61.0 Å². The van der Waals surface area contributed by atoms with Crippen LogP contribution in [0.25, 0.3) is 0 Å². The second kappa shape index (κ2) is 16.7. The van der Waals surface area contributed by atoms with Crippen molar-refractivity contribution >= 4 is 5.97 Å². The number of aliphatic hydroxyl groups is 8. The number of carboxylic acids is 1. The van der Waals surface area contributed by atoms with Gasteiger partial charge in [-0.25, -0.2) is 0 Å². The highest BCUT2D eigenvalue weighted by Crippen LogP contribution is 2.76. The van der Waals surface area contributed by atoms with Crippen LogP contribution in [0.15, 0.2) is 11.6 Å². The summed E-state index contributed by atoms with van der Waals surface area (Å²) < 4.78 is 36.2. The quantitative estimate of drug-likeness (QED) is 0.119. The van der Waals surface area contributed by atoms with Gasteiger partial charge < -0.3 is 74.4 Å². The normalized spacial score (nSPS) is 53.3. The molecule has 8 rings (SSSR count). The molecular formula is C47H76O16. The molecule has 4 saturated carbocycles. The largest absolute Gasteiger partial charge is 0.481 e. The molecule has 5 aliphatic carbocycles. The van der Waals surface area contributed by atoms with Gasteiger partial charge >= 0.3 is 5.97 Å². The van der Waals surface area contributed by atoms with Crippen molar-refractivity contribution in [3.05, 3.63) is 11.6 Å². The monoisotopic (exact) mass is 897 g/mol. The zero-order chi connectivity index (χ0) is 46.0. The Balaban J connectivity index is 0.999. The Kier molecular flexibility index (Phi) is 12.8. The molecule has 0 aromatic heterocycles. The third-order valence-corrected chi connectivity index (χ3v) is 18.9. The summed E-state index contributed by atoms with van der Waals surface area (Å²) >= 11 is 0. The van der Waals surface area contributed by atoms with Gasteiger partial charge in [-0.3, -0.25) is 4.79 Å². The number of hydrogen-bond donors (Lipinski definition) is 9. The van der Waals surface area contributed by atoms with Gasteiger partial charge in [0.15, 0.2) is 18.9 Å². The summed E-state index contributed by atoms with van der Waals surface area (Å²) in [5.74, 6) is 0.0314. The number of hydrogen-bond acceptors (Lipinski definition) is 15. The van der Waals surface area contributed by atoms with Crippen LogP contribution in [0.2, 0.25) is 0 Å². The van der Waals surface area contributed by atoms with E-state index in [9.17, 15) is 50.8 Å². The summed E-state index contributed by atoms with van der Waals surface area (Å²) in [6.45, 7) is 16.9. The molecule has 0 aromatic rings. The molecule has 8 aliphatic rings. The van der Waals surface area contributed by atoms with Crippen molar-refractivity contribution < 1.29 is 79.2 Å². The Bertz CT molecular complexity index is 1720. The van der Waals surface area contributed by atoms with E-state index >= 15 is 0 Å². The first-order valence-corrected chi connectivity index (χ1v) is 23.6. The van der Waals surface area contributed by atoms with Crippen LogP contribution in [-0.4, -0.2) is 157 Å². The van der Waals surface area contributed by atoms with Gasteiger partial charge in [0, 0.05) is 0 Å². The molecule has 63 heavy (non-hydrogen) atoms. The van der Waals surface area contributed by atoms with Gasteiger partial charge in [-0.15, -0.1) is 0 Å². The maximum absolute atomic E-state index is 13.1. The first-order valence-electron chi connectivity index (χ1n) is 23.6. The third kappa shape index (κ3) is 7.51. The minimum atomic E-state index is -1.73. The Morgan fingerprint density at radius 1 is 0.762 bits per heavy atom. The van der Waals surface area contributed by atoms with Crippen LogP contribution in [0.4, 0.5) is 0 Å². The fraction of sp³-hybridized carbons (Fsp3) is 0.936. The topological polar surface area (TPSA) is 255 Å². The molecule has 16 nitrogen and oxygen atoms in total. The molecule has 3 aliphatic heterocycles. The van der Waals surface area contributed by atoms with E-state index in [1.165, 1.54) is 5.57 Å². The molecule has 22 unspecified atom stereocenters. The zero-order valence-corrected chi connectivity index (χ0v) is 38.3. The van der Waals surface area contributed by atoms with E-state index in [4.69, 9.17) is 28.4 Å². The molecule has 360 valence electrons. The fourth-order valence-electron chi connectivity index (χ4n) is 14.8. The van der Waals surface area contributed by atoms with Crippen molar-refractivity contribution in [3.63, 3.8) is 0 Å². The predicted octanol–water partition coefficient (Wildman–Crippen LogP) is 2.37. The van der Waals surface area contributed by atoms with E-state index in [0.717, 1.165) is 51.4 Å². The van der Waals surface area contributed by atoms with Crippen LogP contribution in [0.5, 0.6) is 0 Å². The van der Waals surface area contributed by atoms with E-state index < -0.39 is 111 Å². The Morgan fingerprint density at radius 3 is 2.13 bits per heavy atom. The van der Waals surface area contributed by atoms with Crippen LogP contribution in [-0.2, 0) is 33.2 Å². The van der Waals surface area contributed by atoms with E-state index in [2.05, 4.69) is 54.5 Å². The highest BCUT2D eigenvalue weighted by molar-refractivity contribution is 5.76. The lowest BCUT2D eigenvalue weighted by Gasteiger charge is -2.71. The molecule has 0 bridgehead atoms. The van der Waals surface area contributed by atoms with Crippen molar-refractivity contribution in [2.45, 2.75) is 212 Å². The van der Waals surface area contributed by atoms with E-state index in [1.807, 2.05) is 0 Å². The van der Waals surface area contributed by atoms with Gasteiger partial charge in [-0.05, 0) is 116 Å². The molecule has 7 fully saturated rings. The van der Waals surface area contributed by atoms with Gasteiger partial charge in [-0.2, -0.15) is 0 Å². The summed E-state index contributed by atoms with van der Waals surface area (Å²) in [5.41, 5.74) is 0.227. The van der Waals surface area contributed by atoms with Gasteiger partial charge in [0.05, 0.1) is 30.8 Å². The Hall–Kier alpha value is -1.35. The van der Waals surface area contributed by atoms with Crippen molar-refractivity contribution in [2.24, 2.45) is 50.2 Å². The summed E-state index contributed by atoms with van der Waals surface area (Å²) in [5, 5.41) is 96.2. The summed E-state index contributed by atoms with van der Waals surface area (Å²) in [6, 6.07) is 0. The van der Waals surface area contributed by atoms with E-state index in [1.54, 1.807) is 6.92 Å². The second-order valence-electron chi connectivity index (χ2n) is 23.0. The van der Waals surface area contributed by atoms with Gasteiger partial charge in [0.25, 0.3) is 0 Å². The lowest BCUT2D eigenvalue weighted by molar-refractivity contribution is -0.352. The highest BCUT2D eigenvalue weighted by Gasteiger charge is 2.70. The number of aliphatic carboxylic acids is 1. The summed E-state index contributed by atoms with van der Waals surface area (Å²) in [6.07, 6.45) is -9.91. The van der Waals surface area contributed by atoms with Crippen molar-refractivity contribution in [1.29, 1.82) is 0 Å². The van der Waals surface area contributed by atoms with Crippen molar-refractivity contribution in [2.75, 3.05) is 13.2 Å². The number of rotatable bonds is 9. The number of allylic oxidation sites excluding steroid dienone is 2. The average molecular weight is 897 g/mol. The average Bonchev–Trinajstić information content (AvgIpc) is 3.52. The maximum atomic E-state index is 13.1. The Labute approximate surface area is 371 Å². The standard InChI is InChI=1S/C47H76O16/c1-22-30(51)36(62-40-37(33(54)35(61-40)25(49)20-48)63-38-32(53)31(52)26(50)21-58-38)34(55)39(59-22)60-29-12-13-44(6)27(43(29,4)5)11-14-46(8)28(44)10-9-23-24-19-42(2,3)15-17-47(24,41(56)57)18-16-45(23,46)7/h9,22,24-40,48-55H,10-21H2,1-8H3,(H,56,57). The molecule has 0 aromatic carbocycles. The molecule has 16 heteroatoms. The lowest BCUT2D eigenvalue weighted by Crippen LogP contribution is -2.66. The maximum Gasteiger partial charge on any atom is 0.310 e. The van der Waals surface area contributed by atoms with Crippen LogP contribution in [0.1, 0.15) is 120 Å². The van der Waals surface area contributed by atoms with Crippen molar-refractivity contribution in [3.8, 4) is 0 Å². The zero-order valence-electron chi connectivity index (χ0n) is 38.3. The molecule has 3 saturated heterocycles. The molecule has 22 atom stereocenters. The fourth-order valence-corrected chi connectivity index (χ4v) is 14.8. The smallest absolute Gasteiger partial charge is 0.310 e. The molecule has 0 spiro atoms. The minimum Gasteiger partial charge on any atom is -0.481 e. The lowest BCUT2D eigenvalue weighted by atomic mass is 9.33. The highest BCUT2D eigenvalue weighted by atomic mass is 16.8. The first-order chi connectivity index (χ1) is 29.4. The van der Waals surface area contributed by atoms with Crippen LogP contribution < -0.4 is 0 Å². The summed E-state index contributed by atoms with van der Waals surface area (Å²) in [7, 11) is 0. The third-order valence-electron chi connectivity index (χ3n) is 18.9. The number of ether oxygens (including phenoxy) is 6. The molecule has 9 N–H and O–H groups in total. The van der Waals surface area contributed by atoms with Crippen molar-refractivity contribution in [1.82, 2.24) is 0 Å². The van der Waals surface area contributed by atoms with Crippen LogP contribution in [0, 0.1) is 50.2 Å². The molecule has 0 radical (unpaired) electrons. The SMILES string of the molecule is CC1OC(OC2CCC3(C)C(CCC4(C)C3CC=C3C5CC(C)(C)CCC5(C(=O)O)CCC34C)C2(C)C)C(O)C(OC2OC(C(O)CO)C(O)C2OC2OCC(O)C(O)C2O)C1O. The number of aliphatic hydroxyl groups excluding tert-OH is 8. The summed E-state index contributed by atoms with van der Waals surface area (Å²) in [4.78, 5) is 13.1. The van der Waals surface area contributed by atoms with E-state index in [0.29, 0.717) is 18.8 Å². The first kappa shape index (κ1) is 48.1. The second-order valence-corrected chi connectivity index (χ2v) is 23.0. The number of fused-ring (bicyclic) bond motifs is 7. The number of carboxylic acid groups (broad SMARTS) is 1. The van der Waals surface area contributed by atoms with Crippen LogP contribution >= 0.6 is 0 Å². The van der Waals surface area contributed by atoms with Gasteiger partial charge in [-0.1, -0.05) is 60.1 Å². The minimum absolute atomic E-state index is 0.0247. The van der Waals surface area contributed by atoms with E-state index in [-0.39, 0.29) is 45.0 Å². The molecule has 0 amide bonds. The Morgan fingerprint density at radius 2 is 1.44 bits per heavy atom. The van der Waals surface area contributed by atoms with Gasteiger partial charge in [0.2, 0.25) is 0 Å². The van der Waals surface area contributed by atoms with Crippen LogP contribution in [0.3, 0.4) is 0 Å². The number of carbonyl (C=O) groups is 1. The predicted molar refractivity (Wildman–Crippen MR) is 223 cm³/mol. The molecular weight excluding hydrogens is 821 g/mol. The molecule has 3 heterocycles.